The molecule has 0 radical (unpaired) electrons. The van der Waals surface area contributed by atoms with Crippen molar-refractivity contribution in [3.05, 3.63) is 59.4 Å². The lowest BCUT2D eigenvalue weighted by molar-refractivity contribution is 0.156. The molecule has 2 aromatic rings. The summed E-state index contributed by atoms with van der Waals surface area (Å²) in [4.78, 5) is 0. The van der Waals surface area contributed by atoms with Gasteiger partial charge in [-0.2, -0.15) is 0 Å². The second kappa shape index (κ2) is 12.1. The number of halogens is 2. The molecule has 0 amide bonds. The van der Waals surface area contributed by atoms with E-state index >= 15 is 4.39 Å². The zero-order chi connectivity index (χ0) is 23.0. The Morgan fingerprint density at radius 1 is 0.788 bits per heavy atom. The first kappa shape index (κ1) is 24.4. The SMILES string of the molecule is CCC[C@H]1CC[C@H]([C@H]2CC[C@H](c3ccc(-c4ccc(CCCCF)cc4)c(F)c3)CC2)CC1. The number of unbranched alkanes of at least 4 members (excludes halogenated alkanes) is 1. The van der Waals surface area contributed by atoms with Gasteiger partial charge in [0.05, 0.1) is 6.67 Å². The van der Waals surface area contributed by atoms with Crippen molar-refractivity contribution in [3.63, 3.8) is 0 Å². The van der Waals surface area contributed by atoms with Gasteiger partial charge in [0.2, 0.25) is 0 Å². The largest absolute Gasteiger partial charge is 0.251 e. The second-order valence-corrected chi connectivity index (χ2v) is 10.8. The van der Waals surface area contributed by atoms with Crippen LogP contribution in [-0.2, 0) is 6.42 Å². The van der Waals surface area contributed by atoms with E-state index < -0.39 is 0 Å². The van der Waals surface area contributed by atoms with Crippen molar-refractivity contribution in [1.82, 2.24) is 0 Å². The topological polar surface area (TPSA) is 0 Å². The Hall–Kier alpha value is -1.70. The van der Waals surface area contributed by atoms with E-state index in [9.17, 15) is 4.39 Å². The molecule has 4 rings (SSSR count). The first-order valence-corrected chi connectivity index (χ1v) is 13.6. The van der Waals surface area contributed by atoms with Crippen LogP contribution >= 0.6 is 0 Å². The lowest BCUT2D eigenvalue weighted by Crippen LogP contribution is -2.25. The summed E-state index contributed by atoms with van der Waals surface area (Å²) >= 11 is 0. The van der Waals surface area contributed by atoms with Crippen LogP contribution < -0.4 is 0 Å². The first-order valence-electron chi connectivity index (χ1n) is 13.6. The van der Waals surface area contributed by atoms with Gasteiger partial charge in [-0.05, 0) is 104 Å². The predicted octanol–water partition coefficient (Wildman–Crippen LogP) is 9.67. The molecule has 33 heavy (non-hydrogen) atoms. The van der Waals surface area contributed by atoms with Crippen LogP contribution in [0.1, 0.15) is 101 Å². The molecule has 0 unspecified atom stereocenters. The zero-order valence-corrected chi connectivity index (χ0v) is 20.5. The lowest BCUT2D eigenvalue weighted by atomic mass is 9.68. The third kappa shape index (κ3) is 6.46. The summed E-state index contributed by atoms with van der Waals surface area (Å²) in [7, 11) is 0. The fraction of sp³-hybridized carbons (Fsp3) is 0.613. The molecule has 2 heteroatoms. The lowest BCUT2D eigenvalue weighted by Gasteiger charge is -2.38. The predicted molar refractivity (Wildman–Crippen MR) is 136 cm³/mol. The van der Waals surface area contributed by atoms with E-state index in [0.717, 1.165) is 36.2 Å². The zero-order valence-electron chi connectivity index (χ0n) is 20.5. The number of rotatable bonds is 9. The van der Waals surface area contributed by atoms with Crippen molar-refractivity contribution >= 4 is 0 Å². The van der Waals surface area contributed by atoms with Crippen molar-refractivity contribution in [2.45, 2.75) is 96.3 Å². The van der Waals surface area contributed by atoms with Gasteiger partial charge in [0.15, 0.2) is 0 Å². The van der Waals surface area contributed by atoms with Gasteiger partial charge < -0.3 is 0 Å². The van der Waals surface area contributed by atoms with Gasteiger partial charge >= 0.3 is 0 Å². The van der Waals surface area contributed by atoms with E-state index in [2.05, 4.69) is 25.1 Å². The molecule has 0 atom stereocenters. The molecule has 0 aromatic heterocycles. The highest BCUT2D eigenvalue weighted by Gasteiger charge is 2.31. The first-order chi connectivity index (χ1) is 16.2. The molecule has 0 aliphatic heterocycles. The summed E-state index contributed by atoms with van der Waals surface area (Å²) in [5.41, 5.74) is 3.99. The third-order valence-electron chi connectivity index (χ3n) is 8.61. The Balaban J connectivity index is 1.31. The molecule has 0 saturated heterocycles. The van der Waals surface area contributed by atoms with Crippen LogP contribution in [0.25, 0.3) is 11.1 Å². The van der Waals surface area contributed by atoms with Gasteiger partial charge in [0.25, 0.3) is 0 Å². The van der Waals surface area contributed by atoms with Gasteiger partial charge in [-0.1, -0.05) is 69.0 Å². The molecule has 180 valence electrons. The standard InChI is InChI=1S/C31H42F2/c1-2-5-23-7-11-25(12-8-23)26-15-17-27(18-16-26)29-19-20-30(31(33)22-29)28-13-9-24(10-14-28)6-3-4-21-32/h9-10,13-14,19-20,22-23,25-27H,2-8,11-12,15-18,21H2,1H3/t23-,25-,26-,27-. The molecule has 0 bridgehead atoms. The van der Waals surface area contributed by atoms with Gasteiger partial charge in [-0.3, -0.25) is 4.39 Å². The van der Waals surface area contributed by atoms with Crippen LogP contribution in [0, 0.1) is 23.6 Å². The number of aryl methyl sites for hydroxylation is 1. The molecule has 2 fully saturated rings. The van der Waals surface area contributed by atoms with Gasteiger partial charge in [-0.25, -0.2) is 4.39 Å². The normalized spacial score (nSPS) is 25.8. The monoisotopic (exact) mass is 452 g/mol. The van der Waals surface area contributed by atoms with Crippen molar-refractivity contribution in [2.75, 3.05) is 6.67 Å². The van der Waals surface area contributed by atoms with Crippen LogP contribution in [0.5, 0.6) is 0 Å². The van der Waals surface area contributed by atoms with Crippen LogP contribution in [0.15, 0.2) is 42.5 Å². The molecule has 0 nitrogen and oxygen atoms in total. The Morgan fingerprint density at radius 3 is 2.06 bits per heavy atom. The third-order valence-corrected chi connectivity index (χ3v) is 8.61. The summed E-state index contributed by atoms with van der Waals surface area (Å²) in [5, 5.41) is 0. The minimum Gasteiger partial charge on any atom is -0.251 e. The van der Waals surface area contributed by atoms with Crippen LogP contribution in [0.2, 0.25) is 0 Å². The number of hydrogen-bond acceptors (Lipinski definition) is 0. The maximum Gasteiger partial charge on any atom is 0.131 e. The van der Waals surface area contributed by atoms with E-state index in [1.54, 1.807) is 6.07 Å². The minimum absolute atomic E-state index is 0.103. The Labute approximate surface area is 200 Å². The molecule has 2 aromatic carbocycles. The van der Waals surface area contributed by atoms with Crippen LogP contribution in [0.3, 0.4) is 0 Å². The van der Waals surface area contributed by atoms with Gasteiger partial charge in [0, 0.05) is 5.56 Å². The summed E-state index contributed by atoms with van der Waals surface area (Å²) < 4.78 is 27.4. The number of hydrogen-bond donors (Lipinski definition) is 0. The summed E-state index contributed by atoms with van der Waals surface area (Å²) in [6.45, 7) is 2.06. The summed E-state index contributed by atoms with van der Waals surface area (Å²) in [6, 6.07) is 14.0. The smallest absolute Gasteiger partial charge is 0.131 e. The fourth-order valence-corrected chi connectivity index (χ4v) is 6.57. The molecular weight excluding hydrogens is 410 g/mol. The van der Waals surface area contributed by atoms with Crippen molar-refractivity contribution < 1.29 is 8.78 Å². The van der Waals surface area contributed by atoms with Gasteiger partial charge in [0.1, 0.15) is 5.82 Å². The van der Waals surface area contributed by atoms with Crippen molar-refractivity contribution in [3.8, 4) is 11.1 Å². The minimum atomic E-state index is -0.253. The summed E-state index contributed by atoms with van der Waals surface area (Å²) in [6.07, 6.45) is 16.0. The Kier molecular flexibility index (Phi) is 8.98. The van der Waals surface area contributed by atoms with Gasteiger partial charge in [-0.15, -0.1) is 0 Å². The molecular formula is C31H42F2. The fourth-order valence-electron chi connectivity index (χ4n) is 6.57. The van der Waals surface area contributed by atoms with E-state index in [0.29, 0.717) is 17.9 Å². The van der Waals surface area contributed by atoms with Crippen LogP contribution in [-0.4, -0.2) is 6.67 Å². The Bertz CT molecular complexity index is 840. The highest BCUT2D eigenvalue weighted by Crippen LogP contribution is 2.44. The summed E-state index contributed by atoms with van der Waals surface area (Å²) in [5.74, 6) is 3.24. The van der Waals surface area contributed by atoms with E-state index in [4.69, 9.17) is 0 Å². The molecule has 2 aliphatic rings. The quantitative estimate of drug-likeness (QED) is 0.332. The van der Waals surface area contributed by atoms with E-state index in [-0.39, 0.29) is 12.5 Å². The Morgan fingerprint density at radius 2 is 1.45 bits per heavy atom. The van der Waals surface area contributed by atoms with Crippen molar-refractivity contribution in [2.24, 2.45) is 17.8 Å². The van der Waals surface area contributed by atoms with E-state index in [1.807, 2.05) is 18.2 Å². The highest BCUT2D eigenvalue weighted by molar-refractivity contribution is 5.65. The average Bonchev–Trinajstić information content (AvgIpc) is 2.86. The van der Waals surface area contributed by atoms with Crippen molar-refractivity contribution in [1.29, 1.82) is 0 Å². The number of benzene rings is 2. The molecule has 0 spiro atoms. The second-order valence-electron chi connectivity index (χ2n) is 10.8. The highest BCUT2D eigenvalue weighted by atomic mass is 19.1. The number of alkyl halides is 1. The molecule has 0 N–H and O–H groups in total. The maximum absolute atomic E-state index is 15.1. The van der Waals surface area contributed by atoms with E-state index in [1.165, 1.54) is 75.3 Å². The van der Waals surface area contributed by atoms with Crippen LogP contribution in [0.4, 0.5) is 8.78 Å². The maximum atomic E-state index is 15.1. The molecule has 0 heterocycles. The molecule has 2 saturated carbocycles. The molecule has 2 aliphatic carbocycles. The average molecular weight is 453 g/mol.